The van der Waals surface area contributed by atoms with Crippen LogP contribution in [-0.4, -0.2) is 61.6 Å². The van der Waals surface area contributed by atoms with Gasteiger partial charge in [-0.1, -0.05) is 19.9 Å². The van der Waals surface area contributed by atoms with E-state index < -0.39 is 0 Å². The Kier molecular flexibility index (Phi) is 6.90. The van der Waals surface area contributed by atoms with E-state index in [2.05, 4.69) is 18.7 Å². The van der Waals surface area contributed by atoms with E-state index in [-0.39, 0.29) is 5.91 Å². The Balaban J connectivity index is 1.72. The van der Waals surface area contributed by atoms with Gasteiger partial charge in [-0.05, 0) is 37.5 Å². The van der Waals surface area contributed by atoms with Gasteiger partial charge in [0.05, 0.1) is 13.2 Å². The number of ether oxygens (including phenoxy) is 1. The fourth-order valence-corrected chi connectivity index (χ4v) is 3.54. The lowest BCUT2D eigenvalue weighted by Crippen LogP contribution is -2.39. The highest BCUT2D eigenvalue weighted by atomic mass is 16.5. The van der Waals surface area contributed by atoms with Crippen LogP contribution in [0.5, 0.6) is 0 Å². The van der Waals surface area contributed by atoms with Gasteiger partial charge in [-0.25, -0.2) is 0 Å². The number of carbonyl (C=O) groups is 1. The molecule has 1 saturated carbocycles. The van der Waals surface area contributed by atoms with Gasteiger partial charge >= 0.3 is 0 Å². The van der Waals surface area contributed by atoms with Crippen molar-refractivity contribution in [2.75, 3.05) is 39.9 Å². The Morgan fingerprint density at radius 2 is 1.86 bits per heavy atom. The quantitative estimate of drug-likeness (QED) is 0.732. The number of likely N-dealkylation sites (N-methyl/N-ethyl adjacent to an activating group) is 1. The zero-order chi connectivity index (χ0) is 15.9. The SMILES string of the molecule is CC(C)C1CCC(N(C)C(=O)/C=C/CN2CCOCC2)CC1. The van der Waals surface area contributed by atoms with Gasteiger partial charge < -0.3 is 9.64 Å². The second-order valence-corrected chi connectivity index (χ2v) is 7.08. The summed E-state index contributed by atoms with van der Waals surface area (Å²) in [6.07, 6.45) is 8.59. The molecule has 0 atom stereocenters. The molecule has 0 aromatic heterocycles. The van der Waals surface area contributed by atoms with Crippen LogP contribution in [0.25, 0.3) is 0 Å². The number of hydrogen-bond donors (Lipinski definition) is 0. The van der Waals surface area contributed by atoms with Gasteiger partial charge in [0.25, 0.3) is 0 Å². The zero-order valence-electron chi connectivity index (χ0n) is 14.5. The molecule has 1 aliphatic carbocycles. The Morgan fingerprint density at radius 3 is 2.45 bits per heavy atom. The topological polar surface area (TPSA) is 32.8 Å². The molecule has 22 heavy (non-hydrogen) atoms. The van der Waals surface area contributed by atoms with E-state index in [0.29, 0.717) is 6.04 Å². The Hall–Kier alpha value is -0.870. The number of hydrogen-bond acceptors (Lipinski definition) is 3. The van der Waals surface area contributed by atoms with Crippen molar-refractivity contribution in [3.8, 4) is 0 Å². The second kappa shape index (κ2) is 8.68. The first kappa shape index (κ1) is 17.5. The molecule has 0 radical (unpaired) electrons. The summed E-state index contributed by atoms with van der Waals surface area (Å²) in [6, 6.07) is 0.426. The summed E-state index contributed by atoms with van der Waals surface area (Å²) < 4.78 is 5.33. The monoisotopic (exact) mass is 308 g/mol. The molecular weight excluding hydrogens is 276 g/mol. The maximum atomic E-state index is 12.3. The van der Waals surface area contributed by atoms with E-state index in [4.69, 9.17) is 4.74 Å². The van der Waals surface area contributed by atoms with Gasteiger partial charge in [-0.3, -0.25) is 9.69 Å². The van der Waals surface area contributed by atoms with E-state index in [1.807, 2.05) is 18.0 Å². The molecule has 0 bridgehead atoms. The Morgan fingerprint density at radius 1 is 1.23 bits per heavy atom. The van der Waals surface area contributed by atoms with Gasteiger partial charge in [0.1, 0.15) is 0 Å². The lowest BCUT2D eigenvalue weighted by molar-refractivity contribution is -0.127. The fraction of sp³-hybridized carbons (Fsp3) is 0.833. The Bertz CT molecular complexity index is 367. The van der Waals surface area contributed by atoms with Gasteiger partial charge in [-0.15, -0.1) is 0 Å². The van der Waals surface area contributed by atoms with Crippen LogP contribution in [0.15, 0.2) is 12.2 Å². The largest absolute Gasteiger partial charge is 0.379 e. The molecule has 4 heteroatoms. The third-order valence-corrected chi connectivity index (χ3v) is 5.31. The van der Waals surface area contributed by atoms with Crippen molar-refractivity contribution in [3.63, 3.8) is 0 Å². The van der Waals surface area contributed by atoms with Crippen LogP contribution in [0, 0.1) is 11.8 Å². The molecule has 2 rings (SSSR count). The van der Waals surface area contributed by atoms with Crippen LogP contribution in [0.3, 0.4) is 0 Å². The highest BCUT2D eigenvalue weighted by Gasteiger charge is 2.26. The molecule has 0 aromatic carbocycles. The minimum Gasteiger partial charge on any atom is -0.379 e. The first-order valence-corrected chi connectivity index (χ1v) is 8.81. The van der Waals surface area contributed by atoms with E-state index in [0.717, 1.165) is 57.5 Å². The minimum atomic E-state index is 0.154. The van der Waals surface area contributed by atoms with Crippen molar-refractivity contribution < 1.29 is 9.53 Å². The predicted octanol–water partition coefficient (Wildman–Crippen LogP) is 2.55. The summed E-state index contributed by atoms with van der Waals surface area (Å²) in [5.74, 6) is 1.77. The lowest BCUT2D eigenvalue weighted by Gasteiger charge is -2.35. The first-order valence-electron chi connectivity index (χ1n) is 8.81. The highest BCUT2D eigenvalue weighted by Crippen LogP contribution is 2.31. The van der Waals surface area contributed by atoms with E-state index in [1.165, 1.54) is 12.8 Å². The van der Waals surface area contributed by atoms with Crippen LogP contribution in [-0.2, 0) is 9.53 Å². The lowest BCUT2D eigenvalue weighted by atomic mass is 9.79. The Labute approximate surface area is 135 Å². The van der Waals surface area contributed by atoms with Crippen LogP contribution >= 0.6 is 0 Å². The van der Waals surface area contributed by atoms with E-state index >= 15 is 0 Å². The van der Waals surface area contributed by atoms with Crippen LogP contribution in [0.2, 0.25) is 0 Å². The van der Waals surface area contributed by atoms with E-state index in [9.17, 15) is 4.79 Å². The van der Waals surface area contributed by atoms with Gasteiger partial charge in [0, 0.05) is 38.8 Å². The van der Waals surface area contributed by atoms with Crippen LogP contribution < -0.4 is 0 Å². The molecule has 1 aliphatic heterocycles. The second-order valence-electron chi connectivity index (χ2n) is 7.08. The standard InChI is InChI=1S/C18H32N2O2/c1-15(2)16-6-8-17(9-7-16)19(3)18(21)5-4-10-20-11-13-22-14-12-20/h4-5,15-17H,6-14H2,1-3H3/b5-4+. The van der Waals surface area contributed by atoms with Crippen molar-refractivity contribution in [1.82, 2.24) is 9.80 Å². The molecule has 1 saturated heterocycles. The van der Waals surface area contributed by atoms with Crippen molar-refractivity contribution in [1.29, 1.82) is 0 Å². The molecule has 126 valence electrons. The summed E-state index contributed by atoms with van der Waals surface area (Å²) in [5.41, 5.74) is 0. The zero-order valence-corrected chi connectivity index (χ0v) is 14.5. The number of morpholine rings is 1. The van der Waals surface area contributed by atoms with Crippen molar-refractivity contribution >= 4 is 5.91 Å². The normalized spacial score (nSPS) is 27.5. The average molecular weight is 308 g/mol. The molecule has 0 N–H and O–H groups in total. The third-order valence-electron chi connectivity index (χ3n) is 5.31. The van der Waals surface area contributed by atoms with Gasteiger partial charge in [0.15, 0.2) is 0 Å². The van der Waals surface area contributed by atoms with E-state index in [1.54, 1.807) is 6.08 Å². The highest BCUT2D eigenvalue weighted by molar-refractivity contribution is 5.87. The summed E-state index contributed by atoms with van der Waals surface area (Å²) in [5, 5.41) is 0. The third kappa shape index (κ3) is 5.10. The summed E-state index contributed by atoms with van der Waals surface area (Å²) >= 11 is 0. The summed E-state index contributed by atoms with van der Waals surface area (Å²) in [6.45, 7) is 9.02. The first-order chi connectivity index (χ1) is 10.6. The molecule has 1 heterocycles. The number of nitrogens with zero attached hydrogens (tertiary/aromatic N) is 2. The van der Waals surface area contributed by atoms with Crippen molar-refractivity contribution in [2.24, 2.45) is 11.8 Å². The predicted molar refractivity (Wildman–Crippen MR) is 89.8 cm³/mol. The number of rotatable bonds is 5. The van der Waals surface area contributed by atoms with Gasteiger partial charge in [-0.2, -0.15) is 0 Å². The molecule has 4 nitrogen and oxygen atoms in total. The molecule has 1 amide bonds. The fourth-order valence-electron chi connectivity index (χ4n) is 3.54. The molecule has 2 aliphatic rings. The smallest absolute Gasteiger partial charge is 0.246 e. The summed E-state index contributed by atoms with van der Waals surface area (Å²) in [7, 11) is 1.96. The molecular formula is C18H32N2O2. The molecule has 0 spiro atoms. The molecule has 0 aromatic rings. The maximum absolute atomic E-state index is 12.3. The van der Waals surface area contributed by atoms with Crippen molar-refractivity contribution in [3.05, 3.63) is 12.2 Å². The van der Waals surface area contributed by atoms with Gasteiger partial charge in [0.2, 0.25) is 5.91 Å². The van der Waals surface area contributed by atoms with Crippen LogP contribution in [0.4, 0.5) is 0 Å². The average Bonchev–Trinajstić information content (AvgIpc) is 2.55. The van der Waals surface area contributed by atoms with Crippen molar-refractivity contribution in [2.45, 2.75) is 45.6 Å². The minimum absolute atomic E-state index is 0.154. The number of amides is 1. The molecule has 0 unspecified atom stereocenters. The molecule has 2 fully saturated rings. The maximum Gasteiger partial charge on any atom is 0.246 e. The number of carbonyl (C=O) groups excluding carboxylic acids is 1. The van der Waals surface area contributed by atoms with Crippen LogP contribution in [0.1, 0.15) is 39.5 Å². The summed E-state index contributed by atoms with van der Waals surface area (Å²) in [4.78, 5) is 16.6.